The summed E-state index contributed by atoms with van der Waals surface area (Å²) in [4.78, 5) is 31.2. The Morgan fingerprint density at radius 1 is 0.885 bits per heavy atom. The lowest BCUT2D eigenvalue weighted by atomic mass is 10.1. The van der Waals surface area contributed by atoms with E-state index in [0.29, 0.717) is 11.3 Å². The van der Waals surface area contributed by atoms with Crippen molar-refractivity contribution in [1.82, 2.24) is 9.88 Å². The van der Waals surface area contributed by atoms with Crippen LogP contribution in [0.5, 0.6) is 5.75 Å². The number of amides is 2. The number of ether oxygens (including phenoxy) is 1. The van der Waals surface area contributed by atoms with Gasteiger partial charge in [-0.3, -0.25) is 19.5 Å². The molecule has 5 heteroatoms. The first-order valence-electron chi connectivity index (χ1n) is 8.14. The molecular weight excluding hydrogens is 328 g/mol. The molecule has 0 unspecified atom stereocenters. The van der Waals surface area contributed by atoms with E-state index in [1.807, 2.05) is 30.3 Å². The lowest BCUT2D eigenvalue weighted by Crippen LogP contribution is -2.36. The average molecular weight is 346 g/mol. The molecule has 0 saturated heterocycles. The molecule has 2 aromatic carbocycles. The van der Waals surface area contributed by atoms with Crippen molar-refractivity contribution in [3.8, 4) is 5.75 Å². The van der Waals surface area contributed by atoms with Gasteiger partial charge in [-0.15, -0.1) is 0 Å². The highest BCUT2D eigenvalue weighted by Crippen LogP contribution is 2.16. The third kappa shape index (κ3) is 3.95. The first-order chi connectivity index (χ1) is 12.7. The zero-order valence-corrected chi connectivity index (χ0v) is 14.3. The Hall–Kier alpha value is -3.47. The van der Waals surface area contributed by atoms with Crippen molar-refractivity contribution >= 4 is 11.8 Å². The molecule has 0 aliphatic heterocycles. The second kappa shape index (κ2) is 8.07. The molecule has 0 radical (unpaired) electrons. The van der Waals surface area contributed by atoms with Crippen LogP contribution >= 0.6 is 0 Å². The molecular formula is C21H18N2O3. The summed E-state index contributed by atoms with van der Waals surface area (Å²) < 4.78 is 5.12. The van der Waals surface area contributed by atoms with E-state index in [1.54, 1.807) is 49.6 Å². The van der Waals surface area contributed by atoms with Gasteiger partial charge in [0.05, 0.1) is 13.7 Å². The minimum absolute atomic E-state index is 0.168. The van der Waals surface area contributed by atoms with E-state index < -0.39 is 5.91 Å². The number of hydrogen-bond acceptors (Lipinski definition) is 4. The molecule has 130 valence electrons. The van der Waals surface area contributed by atoms with Gasteiger partial charge in [0.25, 0.3) is 11.8 Å². The van der Waals surface area contributed by atoms with E-state index in [2.05, 4.69) is 4.98 Å². The van der Waals surface area contributed by atoms with Gasteiger partial charge in [0.1, 0.15) is 11.4 Å². The van der Waals surface area contributed by atoms with Crippen LogP contribution in [0.1, 0.15) is 26.4 Å². The fourth-order valence-corrected chi connectivity index (χ4v) is 2.52. The number of rotatable bonds is 5. The van der Waals surface area contributed by atoms with E-state index in [4.69, 9.17) is 4.74 Å². The number of aromatic nitrogens is 1. The first kappa shape index (κ1) is 17.4. The molecule has 0 spiro atoms. The number of imide groups is 1. The normalized spacial score (nSPS) is 10.2. The average Bonchev–Trinajstić information content (AvgIpc) is 2.72. The Labute approximate surface area is 151 Å². The molecule has 0 saturated carbocycles. The van der Waals surface area contributed by atoms with E-state index in [0.717, 1.165) is 5.56 Å². The van der Waals surface area contributed by atoms with Crippen LogP contribution in [-0.2, 0) is 6.54 Å². The zero-order chi connectivity index (χ0) is 18.4. The number of benzene rings is 2. The molecule has 3 rings (SSSR count). The number of methoxy groups -OCH3 is 1. The third-order valence-corrected chi connectivity index (χ3v) is 3.89. The van der Waals surface area contributed by atoms with Crippen LogP contribution < -0.4 is 4.74 Å². The van der Waals surface area contributed by atoms with Crippen molar-refractivity contribution in [1.29, 1.82) is 0 Å². The molecule has 26 heavy (non-hydrogen) atoms. The fourth-order valence-electron chi connectivity index (χ4n) is 2.52. The SMILES string of the molecule is COc1ccc(C(=O)N(Cc2ccccc2)C(=O)c2ccccn2)cc1. The largest absolute Gasteiger partial charge is 0.497 e. The monoisotopic (exact) mass is 346 g/mol. The number of carbonyl (C=O) groups excluding carboxylic acids is 2. The number of pyridine rings is 1. The van der Waals surface area contributed by atoms with Gasteiger partial charge < -0.3 is 4.74 Å². The first-order valence-corrected chi connectivity index (χ1v) is 8.14. The Morgan fingerprint density at radius 2 is 1.58 bits per heavy atom. The van der Waals surface area contributed by atoms with Gasteiger partial charge in [0, 0.05) is 11.8 Å². The summed E-state index contributed by atoms with van der Waals surface area (Å²) in [5.41, 5.74) is 1.50. The fraction of sp³-hybridized carbons (Fsp3) is 0.0952. The van der Waals surface area contributed by atoms with Crippen molar-refractivity contribution in [3.05, 3.63) is 95.8 Å². The quantitative estimate of drug-likeness (QED) is 0.663. The van der Waals surface area contributed by atoms with Gasteiger partial charge in [-0.25, -0.2) is 0 Å². The number of hydrogen-bond donors (Lipinski definition) is 0. The summed E-state index contributed by atoms with van der Waals surface area (Å²) in [5, 5.41) is 0. The Balaban J connectivity index is 1.93. The molecule has 0 fully saturated rings. The summed E-state index contributed by atoms with van der Waals surface area (Å²) in [7, 11) is 1.56. The standard InChI is InChI=1S/C21H18N2O3/c1-26-18-12-10-17(11-13-18)20(24)23(15-16-7-3-2-4-8-16)21(25)19-9-5-6-14-22-19/h2-14H,15H2,1H3. The van der Waals surface area contributed by atoms with Crippen LogP contribution in [0, 0.1) is 0 Å². The molecule has 0 N–H and O–H groups in total. The van der Waals surface area contributed by atoms with E-state index in [1.165, 1.54) is 11.1 Å². The summed E-state index contributed by atoms with van der Waals surface area (Å²) in [6.07, 6.45) is 1.53. The summed E-state index contributed by atoms with van der Waals surface area (Å²) in [6, 6.07) is 21.1. The topological polar surface area (TPSA) is 59.5 Å². The van der Waals surface area contributed by atoms with Crippen molar-refractivity contribution in [2.45, 2.75) is 6.54 Å². The summed E-state index contributed by atoms with van der Waals surface area (Å²) >= 11 is 0. The van der Waals surface area contributed by atoms with Gasteiger partial charge in [0.15, 0.2) is 0 Å². The molecule has 0 bridgehead atoms. The predicted octanol–water partition coefficient (Wildman–Crippen LogP) is 3.57. The minimum Gasteiger partial charge on any atom is -0.497 e. The van der Waals surface area contributed by atoms with Crippen LogP contribution in [0.15, 0.2) is 79.0 Å². The highest BCUT2D eigenvalue weighted by molar-refractivity contribution is 6.09. The lowest BCUT2D eigenvalue weighted by molar-refractivity contribution is 0.0600. The van der Waals surface area contributed by atoms with E-state index >= 15 is 0 Å². The Kier molecular flexibility index (Phi) is 5.39. The molecule has 1 aromatic heterocycles. The molecule has 0 atom stereocenters. The summed E-state index contributed by atoms with van der Waals surface area (Å²) in [6.45, 7) is 0.168. The maximum atomic E-state index is 13.0. The van der Waals surface area contributed by atoms with Gasteiger partial charge in [-0.1, -0.05) is 36.4 Å². The molecule has 3 aromatic rings. The number of carbonyl (C=O) groups is 2. The zero-order valence-electron chi connectivity index (χ0n) is 14.3. The smallest absolute Gasteiger partial charge is 0.279 e. The Morgan fingerprint density at radius 3 is 2.19 bits per heavy atom. The van der Waals surface area contributed by atoms with Crippen molar-refractivity contribution in [2.24, 2.45) is 0 Å². The second-order valence-corrected chi connectivity index (χ2v) is 5.63. The third-order valence-electron chi connectivity index (χ3n) is 3.89. The lowest BCUT2D eigenvalue weighted by Gasteiger charge is -2.21. The van der Waals surface area contributed by atoms with Gasteiger partial charge in [0.2, 0.25) is 0 Å². The molecule has 5 nitrogen and oxygen atoms in total. The molecule has 0 aliphatic carbocycles. The van der Waals surface area contributed by atoms with Gasteiger partial charge >= 0.3 is 0 Å². The van der Waals surface area contributed by atoms with Crippen molar-refractivity contribution < 1.29 is 14.3 Å². The van der Waals surface area contributed by atoms with Gasteiger partial charge in [-0.05, 0) is 42.0 Å². The van der Waals surface area contributed by atoms with Crippen LogP contribution in [-0.4, -0.2) is 28.8 Å². The summed E-state index contributed by atoms with van der Waals surface area (Å²) in [5.74, 6) is -0.172. The maximum absolute atomic E-state index is 13.0. The van der Waals surface area contributed by atoms with Crippen molar-refractivity contribution in [2.75, 3.05) is 7.11 Å². The van der Waals surface area contributed by atoms with Crippen molar-refractivity contribution in [3.63, 3.8) is 0 Å². The van der Waals surface area contributed by atoms with E-state index in [-0.39, 0.29) is 18.1 Å². The van der Waals surface area contributed by atoms with Crippen LogP contribution in [0.25, 0.3) is 0 Å². The predicted molar refractivity (Wildman–Crippen MR) is 97.9 cm³/mol. The second-order valence-electron chi connectivity index (χ2n) is 5.63. The number of nitrogens with zero attached hydrogens (tertiary/aromatic N) is 2. The molecule has 2 amide bonds. The highest BCUT2D eigenvalue weighted by Gasteiger charge is 2.25. The van der Waals surface area contributed by atoms with Crippen LogP contribution in [0.3, 0.4) is 0 Å². The molecule has 0 aliphatic rings. The Bertz CT molecular complexity index is 878. The van der Waals surface area contributed by atoms with Gasteiger partial charge in [-0.2, -0.15) is 0 Å². The molecule has 1 heterocycles. The minimum atomic E-state index is -0.435. The van der Waals surface area contributed by atoms with E-state index in [9.17, 15) is 9.59 Å². The maximum Gasteiger partial charge on any atom is 0.279 e. The van der Waals surface area contributed by atoms with Crippen LogP contribution in [0.4, 0.5) is 0 Å². The highest BCUT2D eigenvalue weighted by atomic mass is 16.5. The van der Waals surface area contributed by atoms with Crippen LogP contribution in [0.2, 0.25) is 0 Å².